The molecule has 0 spiro atoms. The SMILES string of the molecule is Fc1cc(F)cc([C@@H]2C[C@H]2NCC2CCNCC2)c1. The highest BCUT2D eigenvalue weighted by Crippen LogP contribution is 2.41. The minimum Gasteiger partial charge on any atom is -0.317 e. The summed E-state index contributed by atoms with van der Waals surface area (Å²) in [6.07, 6.45) is 3.44. The van der Waals surface area contributed by atoms with Crippen LogP contribution in [0, 0.1) is 17.6 Å². The number of hydrogen-bond acceptors (Lipinski definition) is 2. The lowest BCUT2D eigenvalue weighted by Crippen LogP contribution is -2.34. The molecular weight excluding hydrogens is 246 g/mol. The standard InChI is InChI=1S/C15H20F2N2/c16-12-5-11(6-13(17)7-12)14-8-15(14)19-9-10-1-3-18-4-2-10/h5-7,10,14-15,18-19H,1-4,8-9H2/t14-,15+/m0/s1. The van der Waals surface area contributed by atoms with Crippen molar-refractivity contribution in [1.29, 1.82) is 0 Å². The Morgan fingerprint density at radius 3 is 2.47 bits per heavy atom. The molecule has 4 heteroatoms. The Hall–Kier alpha value is -1.00. The highest BCUT2D eigenvalue weighted by molar-refractivity contribution is 5.29. The van der Waals surface area contributed by atoms with Crippen LogP contribution < -0.4 is 10.6 Å². The van der Waals surface area contributed by atoms with Gasteiger partial charge >= 0.3 is 0 Å². The Kier molecular flexibility index (Phi) is 3.80. The van der Waals surface area contributed by atoms with Gasteiger partial charge in [-0.3, -0.25) is 0 Å². The van der Waals surface area contributed by atoms with E-state index in [4.69, 9.17) is 0 Å². The van der Waals surface area contributed by atoms with Crippen LogP contribution in [0.2, 0.25) is 0 Å². The van der Waals surface area contributed by atoms with Crippen LogP contribution in [-0.2, 0) is 0 Å². The van der Waals surface area contributed by atoms with Crippen LogP contribution in [0.15, 0.2) is 18.2 Å². The van der Waals surface area contributed by atoms with Crippen molar-refractivity contribution in [2.75, 3.05) is 19.6 Å². The first-order chi connectivity index (χ1) is 9.22. The Labute approximate surface area is 112 Å². The van der Waals surface area contributed by atoms with E-state index in [0.717, 1.165) is 43.6 Å². The molecule has 1 aliphatic carbocycles. The number of nitrogens with one attached hydrogen (secondary N) is 2. The zero-order valence-electron chi connectivity index (χ0n) is 11.0. The maximum Gasteiger partial charge on any atom is 0.126 e. The molecule has 1 heterocycles. The molecule has 1 aliphatic heterocycles. The predicted octanol–water partition coefficient (Wildman–Crippen LogP) is 2.41. The van der Waals surface area contributed by atoms with E-state index in [0.29, 0.717) is 6.04 Å². The molecule has 2 N–H and O–H groups in total. The summed E-state index contributed by atoms with van der Waals surface area (Å²) in [7, 11) is 0. The van der Waals surface area contributed by atoms with Crippen LogP contribution in [0.3, 0.4) is 0 Å². The first-order valence-corrected chi connectivity index (χ1v) is 7.12. The van der Waals surface area contributed by atoms with Gasteiger partial charge in [0.15, 0.2) is 0 Å². The molecule has 1 aromatic rings. The van der Waals surface area contributed by atoms with E-state index in [1.807, 2.05) is 0 Å². The highest BCUT2D eigenvalue weighted by atomic mass is 19.1. The Morgan fingerprint density at radius 1 is 1.11 bits per heavy atom. The van der Waals surface area contributed by atoms with E-state index in [1.54, 1.807) is 0 Å². The molecule has 0 radical (unpaired) electrons. The monoisotopic (exact) mass is 266 g/mol. The van der Waals surface area contributed by atoms with Crippen LogP contribution in [0.5, 0.6) is 0 Å². The molecule has 1 saturated heterocycles. The van der Waals surface area contributed by atoms with Crippen molar-refractivity contribution in [2.24, 2.45) is 5.92 Å². The summed E-state index contributed by atoms with van der Waals surface area (Å²) in [4.78, 5) is 0. The van der Waals surface area contributed by atoms with Gasteiger partial charge in [0.1, 0.15) is 11.6 Å². The van der Waals surface area contributed by atoms with Gasteiger partial charge in [0, 0.05) is 18.0 Å². The molecule has 0 aromatic heterocycles. The van der Waals surface area contributed by atoms with Gasteiger partial charge in [-0.2, -0.15) is 0 Å². The van der Waals surface area contributed by atoms with E-state index in [-0.39, 0.29) is 5.92 Å². The van der Waals surface area contributed by atoms with Crippen LogP contribution >= 0.6 is 0 Å². The first kappa shape index (κ1) is 13.0. The zero-order valence-corrected chi connectivity index (χ0v) is 11.0. The van der Waals surface area contributed by atoms with Crippen LogP contribution in [0.1, 0.15) is 30.7 Å². The predicted molar refractivity (Wildman–Crippen MR) is 71.1 cm³/mol. The van der Waals surface area contributed by atoms with Gasteiger partial charge in [-0.05, 0) is 62.5 Å². The maximum atomic E-state index is 13.2. The fourth-order valence-electron chi connectivity index (χ4n) is 2.98. The van der Waals surface area contributed by atoms with Crippen molar-refractivity contribution in [3.8, 4) is 0 Å². The summed E-state index contributed by atoms with van der Waals surface area (Å²) in [5.41, 5.74) is 0.792. The Balaban J connectivity index is 1.50. The number of piperidine rings is 1. The van der Waals surface area contributed by atoms with Crippen LogP contribution in [0.25, 0.3) is 0 Å². The Bertz CT molecular complexity index is 424. The summed E-state index contributed by atoms with van der Waals surface area (Å²) in [6, 6.07) is 4.25. The highest BCUT2D eigenvalue weighted by Gasteiger charge is 2.38. The number of benzene rings is 1. The van der Waals surface area contributed by atoms with E-state index >= 15 is 0 Å². The van der Waals surface area contributed by atoms with Crippen molar-refractivity contribution in [2.45, 2.75) is 31.2 Å². The summed E-state index contributed by atoms with van der Waals surface area (Å²) in [5, 5.41) is 6.90. The molecule has 0 amide bonds. The second kappa shape index (κ2) is 5.55. The first-order valence-electron chi connectivity index (χ1n) is 7.12. The fraction of sp³-hybridized carbons (Fsp3) is 0.600. The molecule has 1 aromatic carbocycles. The van der Waals surface area contributed by atoms with E-state index < -0.39 is 11.6 Å². The van der Waals surface area contributed by atoms with E-state index in [2.05, 4.69) is 10.6 Å². The van der Waals surface area contributed by atoms with Crippen LogP contribution in [-0.4, -0.2) is 25.7 Å². The lowest BCUT2D eigenvalue weighted by molar-refractivity contribution is 0.355. The molecule has 1 saturated carbocycles. The van der Waals surface area contributed by atoms with Crippen molar-refractivity contribution in [1.82, 2.24) is 10.6 Å². The van der Waals surface area contributed by atoms with Gasteiger partial charge in [-0.15, -0.1) is 0 Å². The molecule has 0 bridgehead atoms. The number of hydrogen-bond donors (Lipinski definition) is 2. The molecule has 2 nitrogen and oxygen atoms in total. The fourth-order valence-corrected chi connectivity index (χ4v) is 2.98. The third-order valence-electron chi connectivity index (χ3n) is 4.23. The number of rotatable bonds is 4. The molecule has 19 heavy (non-hydrogen) atoms. The molecule has 2 fully saturated rings. The van der Waals surface area contributed by atoms with Gasteiger partial charge in [0.05, 0.1) is 0 Å². The lowest BCUT2D eigenvalue weighted by Gasteiger charge is -2.22. The average Bonchev–Trinajstić information content (AvgIpc) is 3.16. The van der Waals surface area contributed by atoms with Crippen LogP contribution in [0.4, 0.5) is 8.78 Å². The largest absolute Gasteiger partial charge is 0.317 e. The van der Waals surface area contributed by atoms with Crippen molar-refractivity contribution >= 4 is 0 Å². The lowest BCUT2D eigenvalue weighted by atomic mass is 9.98. The summed E-state index contributed by atoms with van der Waals surface area (Å²) in [5.74, 6) is 0.0803. The smallest absolute Gasteiger partial charge is 0.126 e. The minimum absolute atomic E-state index is 0.284. The average molecular weight is 266 g/mol. The van der Waals surface area contributed by atoms with E-state index in [9.17, 15) is 8.78 Å². The van der Waals surface area contributed by atoms with Crippen molar-refractivity contribution in [3.63, 3.8) is 0 Å². The van der Waals surface area contributed by atoms with Gasteiger partial charge in [0.2, 0.25) is 0 Å². The van der Waals surface area contributed by atoms with Gasteiger partial charge in [0.25, 0.3) is 0 Å². The second-order valence-corrected chi connectivity index (χ2v) is 5.75. The van der Waals surface area contributed by atoms with Gasteiger partial charge < -0.3 is 10.6 Å². The van der Waals surface area contributed by atoms with Gasteiger partial charge in [-0.1, -0.05) is 0 Å². The Morgan fingerprint density at radius 2 is 1.79 bits per heavy atom. The zero-order chi connectivity index (χ0) is 13.2. The molecule has 3 rings (SSSR count). The molecule has 2 atom stereocenters. The summed E-state index contributed by atoms with van der Waals surface area (Å²) < 4.78 is 26.3. The molecule has 104 valence electrons. The molecule has 2 aliphatic rings. The number of halogens is 2. The normalized spacial score (nSPS) is 27.5. The third kappa shape index (κ3) is 3.31. The van der Waals surface area contributed by atoms with E-state index in [1.165, 1.54) is 25.0 Å². The second-order valence-electron chi connectivity index (χ2n) is 5.75. The topological polar surface area (TPSA) is 24.1 Å². The summed E-state index contributed by atoms with van der Waals surface area (Å²) >= 11 is 0. The quantitative estimate of drug-likeness (QED) is 0.874. The van der Waals surface area contributed by atoms with Crippen molar-refractivity contribution in [3.05, 3.63) is 35.4 Å². The third-order valence-corrected chi connectivity index (χ3v) is 4.23. The molecular formula is C15H20F2N2. The van der Waals surface area contributed by atoms with Gasteiger partial charge in [-0.25, -0.2) is 8.78 Å². The molecule has 0 unspecified atom stereocenters. The minimum atomic E-state index is -0.473. The maximum absolute atomic E-state index is 13.2. The summed E-state index contributed by atoms with van der Waals surface area (Å²) in [6.45, 7) is 3.24. The van der Waals surface area contributed by atoms with Crippen molar-refractivity contribution < 1.29 is 8.78 Å².